The van der Waals surface area contributed by atoms with E-state index in [0.717, 1.165) is 16.9 Å². The van der Waals surface area contributed by atoms with Gasteiger partial charge in [0.2, 0.25) is 5.91 Å². The van der Waals surface area contributed by atoms with Crippen molar-refractivity contribution >= 4 is 18.5 Å². The molecule has 0 saturated heterocycles. The van der Waals surface area contributed by atoms with E-state index in [1.54, 1.807) is 0 Å². The van der Waals surface area contributed by atoms with Gasteiger partial charge in [-0.3, -0.25) is 4.79 Å². The van der Waals surface area contributed by atoms with E-state index >= 15 is 0 Å². The molecule has 1 aromatic rings. The van der Waals surface area contributed by atoms with Gasteiger partial charge in [-0.1, -0.05) is 19.1 Å². The van der Waals surface area contributed by atoms with Gasteiger partial charge in [0, 0.05) is 17.5 Å². The number of hydrogen-bond acceptors (Lipinski definition) is 2. The Labute approximate surface area is 109 Å². The normalized spacial score (nSPS) is 11.4. The maximum Gasteiger partial charge on any atom is 0.227 e. The summed E-state index contributed by atoms with van der Waals surface area (Å²) < 4.78 is 0. The average molecular weight is 251 g/mol. The molecular formula is C14H21NOS. The number of thiol groups is 1. The molecule has 0 aliphatic rings. The number of carbonyl (C=O) groups is 1. The lowest BCUT2D eigenvalue weighted by Gasteiger charge is -2.35. The summed E-state index contributed by atoms with van der Waals surface area (Å²) in [5.41, 5.74) is 0.951. The van der Waals surface area contributed by atoms with Crippen molar-refractivity contribution in [1.82, 2.24) is 4.90 Å². The SMILES string of the molecule is CCC(C)(C)N(C)C(=O)Cc1ccc(S)cc1. The number of hydrogen-bond donors (Lipinski definition) is 1. The molecule has 1 aromatic carbocycles. The number of benzene rings is 1. The van der Waals surface area contributed by atoms with E-state index in [0.29, 0.717) is 6.42 Å². The Kier molecular flexibility index (Phi) is 4.63. The molecule has 1 rings (SSSR count). The summed E-state index contributed by atoms with van der Waals surface area (Å²) in [5, 5.41) is 0. The molecule has 0 aromatic heterocycles. The molecule has 17 heavy (non-hydrogen) atoms. The minimum absolute atomic E-state index is 0.0828. The van der Waals surface area contributed by atoms with Crippen LogP contribution in [0.3, 0.4) is 0 Å². The van der Waals surface area contributed by atoms with Gasteiger partial charge >= 0.3 is 0 Å². The van der Waals surface area contributed by atoms with Gasteiger partial charge in [-0.15, -0.1) is 12.6 Å². The van der Waals surface area contributed by atoms with E-state index in [1.807, 2.05) is 36.2 Å². The van der Waals surface area contributed by atoms with Gasteiger partial charge in [0.1, 0.15) is 0 Å². The van der Waals surface area contributed by atoms with E-state index < -0.39 is 0 Å². The molecule has 0 bridgehead atoms. The first-order chi connectivity index (χ1) is 7.86. The lowest BCUT2D eigenvalue weighted by molar-refractivity contribution is -0.133. The van der Waals surface area contributed by atoms with Crippen LogP contribution in [0.5, 0.6) is 0 Å². The van der Waals surface area contributed by atoms with Crippen LogP contribution in [0.1, 0.15) is 32.8 Å². The molecule has 0 atom stereocenters. The average Bonchev–Trinajstić information content (AvgIpc) is 2.31. The van der Waals surface area contributed by atoms with Crippen molar-refractivity contribution in [2.24, 2.45) is 0 Å². The van der Waals surface area contributed by atoms with E-state index in [1.165, 1.54) is 0 Å². The second-order valence-corrected chi connectivity index (χ2v) is 5.48. The van der Waals surface area contributed by atoms with Gasteiger partial charge in [-0.2, -0.15) is 0 Å². The largest absolute Gasteiger partial charge is 0.340 e. The Bertz CT molecular complexity index is 384. The first kappa shape index (κ1) is 14.1. The molecule has 0 radical (unpaired) electrons. The predicted molar refractivity (Wildman–Crippen MR) is 74.5 cm³/mol. The molecule has 0 unspecified atom stereocenters. The second-order valence-electron chi connectivity index (χ2n) is 4.96. The summed E-state index contributed by atoms with van der Waals surface area (Å²) in [6.07, 6.45) is 1.40. The summed E-state index contributed by atoms with van der Waals surface area (Å²) in [4.78, 5) is 14.9. The summed E-state index contributed by atoms with van der Waals surface area (Å²) in [5.74, 6) is 0.156. The lowest BCUT2D eigenvalue weighted by Crippen LogP contribution is -2.45. The molecule has 94 valence electrons. The highest BCUT2D eigenvalue weighted by Crippen LogP contribution is 2.18. The number of carbonyl (C=O) groups excluding carboxylic acids is 1. The third kappa shape index (κ3) is 3.77. The highest BCUT2D eigenvalue weighted by molar-refractivity contribution is 7.80. The number of likely N-dealkylation sites (N-methyl/N-ethyl adjacent to an activating group) is 1. The predicted octanol–water partition coefficient (Wildman–Crippen LogP) is 3.16. The van der Waals surface area contributed by atoms with Gasteiger partial charge in [-0.25, -0.2) is 0 Å². The molecule has 1 amide bonds. The molecule has 0 fully saturated rings. The van der Waals surface area contributed by atoms with Gasteiger partial charge in [0.05, 0.1) is 6.42 Å². The second kappa shape index (κ2) is 5.58. The fourth-order valence-electron chi connectivity index (χ4n) is 1.48. The van der Waals surface area contributed by atoms with Crippen LogP contribution in [0, 0.1) is 0 Å². The van der Waals surface area contributed by atoms with Crippen molar-refractivity contribution in [3.8, 4) is 0 Å². The van der Waals surface area contributed by atoms with Crippen molar-refractivity contribution in [2.75, 3.05) is 7.05 Å². The zero-order chi connectivity index (χ0) is 13.1. The first-order valence-corrected chi connectivity index (χ1v) is 6.36. The standard InChI is InChI=1S/C14H21NOS/c1-5-14(2,3)15(4)13(16)10-11-6-8-12(17)9-7-11/h6-9,17H,5,10H2,1-4H3. The summed E-state index contributed by atoms with van der Waals surface area (Å²) in [7, 11) is 1.87. The zero-order valence-corrected chi connectivity index (χ0v) is 11.9. The van der Waals surface area contributed by atoms with Crippen molar-refractivity contribution in [3.63, 3.8) is 0 Å². The van der Waals surface area contributed by atoms with Crippen molar-refractivity contribution in [1.29, 1.82) is 0 Å². The Morgan fingerprint density at radius 1 is 1.29 bits per heavy atom. The van der Waals surface area contributed by atoms with Crippen LogP contribution in [0.15, 0.2) is 29.2 Å². The molecule has 0 spiro atoms. The smallest absolute Gasteiger partial charge is 0.227 e. The number of amides is 1. The molecule has 2 nitrogen and oxygen atoms in total. The molecule has 3 heteroatoms. The molecule has 0 N–H and O–H groups in total. The Morgan fingerprint density at radius 2 is 1.82 bits per heavy atom. The topological polar surface area (TPSA) is 20.3 Å². The Hall–Kier alpha value is -0.960. The number of rotatable bonds is 4. The lowest BCUT2D eigenvalue weighted by atomic mass is 9.99. The van der Waals surface area contributed by atoms with Crippen LogP contribution in [0.2, 0.25) is 0 Å². The van der Waals surface area contributed by atoms with Gasteiger partial charge < -0.3 is 4.90 Å². The monoisotopic (exact) mass is 251 g/mol. The summed E-state index contributed by atoms with van der Waals surface area (Å²) in [6.45, 7) is 6.27. The van der Waals surface area contributed by atoms with Gasteiger partial charge in [0.25, 0.3) is 0 Å². The Balaban J connectivity index is 2.69. The zero-order valence-electron chi connectivity index (χ0n) is 11.0. The van der Waals surface area contributed by atoms with E-state index in [-0.39, 0.29) is 11.4 Å². The molecule has 0 heterocycles. The van der Waals surface area contributed by atoms with Crippen LogP contribution in [-0.4, -0.2) is 23.4 Å². The maximum atomic E-state index is 12.1. The van der Waals surface area contributed by atoms with Gasteiger partial charge in [-0.05, 0) is 38.0 Å². The quantitative estimate of drug-likeness (QED) is 0.815. The highest BCUT2D eigenvalue weighted by Gasteiger charge is 2.25. The van der Waals surface area contributed by atoms with Crippen LogP contribution in [0.4, 0.5) is 0 Å². The van der Waals surface area contributed by atoms with Crippen molar-refractivity contribution in [2.45, 2.75) is 44.0 Å². The van der Waals surface area contributed by atoms with Crippen molar-refractivity contribution in [3.05, 3.63) is 29.8 Å². The van der Waals surface area contributed by atoms with E-state index in [2.05, 4.69) is 33.4 Å². The van der Waals surface area contributed by atoms with Gasteiger partial charge in [0.15, 0.2) is 0 Å². The molecule has 0 aliphatic carbocycles. The van der Waals surface area contributed by atoms with Crippen LogP contribution in [-0.2, 0) is 11.2 Å². The molecular weight excluding hydrogens is 230 g/mol. The van der Waals surface area contributed by atoms with E-state index in [4.69, 9.17) is 0 Å². The summed E-state index contributed by atoms with van der Waals surface area (Å²) >= 11 is 4.23. The third-order valence-electron chi connectivity index (χ3n) is 3.44. The third-order valence-corrected chi connectivity index (χ3v) is 3.74. The van der Waals surface area contributed by atoms with Crippen molar-refractivity contribution < 1.29 is 4.79 Å². The van der Waals surface area contributed by atoms with Crippen LogP contribution in [0.25, 0.3) is 0 Å². The summed E-state index contributed by atoms with van der Waals surface area (Å²) in [6, 6.07) is 7.73. The number of nitrogens with zero attached hydrogens (tertiary/aromatic N) is 1. The minimum Gasteiger partial charge on any atom is -0.340 e. The van der Waals surface area contributed by atoms with Crippen LogP contribution >= 0.6 is 12.6 Å². The highest BCUT2D eigenvalue weighted by atomic mass is 32.1. The maximum absolute atomic E-state index is 12.1. The molecule has 0 saturated carbocycles. The van der Waals surface area contributed by atoms with Crippen LogP contribution < -0.4 is 0 Å². The molecule has 0 aliphatic heterocycles. The minimum atomic E-state index is -0.0828. The van der Waals surface area contributed by atoms with E-state index in [9.17, 15) is 4.79 Å². The first-order valence-electron chi connectivity index (χ1n) is 5.91. The Morgan fingerprint density at radius 3 is 2.29 bits per heavy atom. The fourth-order valence-corrected chi connectivity index (χ4v) is 1.63. The fraction of sp³-hybridized carbons (Fsp3) is 0.500.